The van der Waals surface area contributed by atoms with E-state index in [1.807, 2.05) is 6.26 Å². The van der Waals surface area contributed by atoms with Crippen LogP contribution in [0.25, 0.3) is 10.3 Å². The summed E-state index contributed by atoms with van der Waals surface area (Å²) in [6.07, 6.45) is 5.19. The van der Waals surface area contributed by atoms with Crippen molar-refractivity contribution >= 4 is 39.3 Å². The summed E-state index contributed by atoms with van der Waals surface area (Å²) in [7, 11) is 0. The molecule has 2 rings (SSSR count). The van der Waals surface area contributed by atoms with Crippen molar-refractivity contribution in [3.63, 3.8) is 0 Å². The first kappa shape index (κ1) is 13.5. The molecule has 0 saturated heterocycles. The van der Waals surface area contributed by atoms with Gasteiger partial charge in [-0.25, -0.2) is 15.0 Å². The van der Waals surface area contributed by atoms with Crippen LogP contribution in [0.1, 0.15) is 19.8 Å². The number of rotatable bonds is 6. The topological polar surface area (TPSA) is 70.9 Å². The number of anilines is 1. The van der Waals surface area contributed by atoms with Gasteiger partial charge < -0.3 is 10.4 Å². The normalized spacial score (nSPS) is 12.8. The van der Waals surface area contributed by atoms with E-state index in [2.05, 4.69) is 27.2 Å². The summed E-state index contributed by atoms with van der Waals surface area (Å²) in [5.74, 6) is 0.818. The molecule has 0 spiro atoms. The molecule has 2 N–H and O–H groups in total. The number of aromatic nitrogens is 3. The highest BCUT2D eigenvalue weighted by Gasteiger charge is 2.13. The van der Waals surface area contributed by atoms with Gasteiger partial charge in [-0.3, -0.25) is 0 Å². The van der Waals surface area contributed by atoms with Gasteiger partial charge in [0.1, 0.15) is 16.8 Å². The summed E-state index contributed by atoms with van der Waals surface area (Å²) in [6.45, 7) is 2.27. The van der Waals surface area contributed by atoms with Gasteiger partial charge in [-0.05, 0) is 19.1 Å². The quantitative estimate of drug-likeness (QED) is 0.794. The van der Waals surface area contributed by atoms with Crippen molar-refractivity contribution in [3.05, 3.63) is 6.33 Å². The molecule has 0 aliphatic rings. The van der Waals surface area contributed by atoms with Crippen molar-refractivity contribution in [1.82, 2.24) is 15.0 Å². The number of nitrogens with one attached hydrogen (secondary N) is 1. The van der Waals surface area contributed by atoms with Crippen LogP contribution >= 0.6 is 23.1 Å². The number of aliphatic hydroxyl groups excluding tert-OH is 1. The number of hydrogen-bond acceptors (Lipinski definition) is 7. The van der Waals surface area contributed by atoms with Crippen LogP contribution in [0.3, 0.4) is 0 Å². The van der Waals surface area contributed by atoms with Crippen molar-refractivity contribution in [3.8, 4) is 0 Å². The largest absolute Gasteiger partial charge is 0.396 e. The van der Waals surface area contributed by atoms with Gasteiger partial charge in [0, 0.05) is 12.6 Å². The highest BCUT2D eigenvalue weighted by Crippen LogP contribution is 2.31. The highest BCUT2D eigenvalue weighted by molar-refractivity contribution is 8.00. The van der Waals surface area contributed by atoms with Crippen LogP contribution in [0.2, 0.25) is 0 Å². The van der Waals surface area contributed by atoms with Crippen LogP contribution in [0, 0.1) is 0 Å². The Kier molecular flexibility index (Phi) is 4.73. The SMILES string of the molecule is CCC(CCO)Nc1ncnc2nc(SC)sc12. The first-order valence-corrected chi connectivity index (χ1v) is 7.85. The molecule has 2 aromatic heterocycles. The molecule has 2 heterocycles. The number of nitrogens with zero attached hydrogens (tertiary/aromatic N) is 3. The summed E-state index contributed by atoms with van der Waals surface area (Å²) in [6, 6.07) is 0.230. The molecule has 98 valence electrons. The Balaban J connectivity index is 2.29. The molecule has 0 fully saturated rings. The fourth-order valence-electron chi connectivity index (χ4n) is 1.65. The molecule has 0 amide bonds. The van der Waals surface area contributed by atoms with E-state index >= 15 is 0 Å². The average molecular weight is 284 g/mol. The van der Waals surface area contributed by atoms with Crippen LogP contribution in [0.5, 0.6) is 0 Å². The Bertz CT molecular complexity index is 517. The Hall–Kier alpha value is -0.920. The highest BCUT2D eigenvalue weighted by atomic mass is 32.2. The Morgan fingerprint density at radius 2 is 2.33 bits per heavy atom. The molecule has 0 radical (unpaired) electrons. The number of thiazole rings is 1. The molecule has 1 unspecified atom stereocenters. The van der Waals surface area contributed by atoms with E-state index in [-0.39, 0.29) is 12.6 Å². The molecule has 0 aromatic carbocycles. The summed E-state index contributed by atoms with van der Waals surface area (Å²) in [5, 5.41) is 12.4. The number of fused-ring (bicyclic) bond motifs is 1. The first-order valence-electron chi connectivity index (χ1n) is 5.81. The van der Waals surface area contributed by atoms with Gasteiger partial charge in [0.2, 0.25) is 0 Å². The van der Waals surface area contributed by atoms with Crippen molar-refractivity contribution in [1.29, 1.82) is 0 Å². The van der Waals surface area contributed by atoms with E-state index in [4.69, 9.17) is 5.11 Å². The van der Waals surface area contributed by atoms with E-state index in [9.17, 15) is 0 Å². The third kappa shape index (κ3) is 2.90. The van der Waals surface area contributed by atoms with Crippen LogP contribution < -0.4 is 5.32 Å². The second-order valence-corrected chi connectivity index (χ2v) is 5.87. The molecule has 5 nitrogen and oxygen atoms in total. The molecular formula is C11H16N4OS2. The zero-order chi connectivity index (χ0) is 13.0. The average Bonchev–Trinajstić information content (AvgIpc) is 2.82. The second kappa shape index (κ2) is 6.31. The zero-order valence-corrected chi connectivity index (χ0v) is 12.0. The van der Waals surface area contributed by atoms with Gasteiger partial charge in [0.25, 0.3) is 0 Å². The zero-order valence-electron chi connectivity index (χ0n) is 10.4. The lowest BCUT2D eigenvalue weighted by Gasteiger charge is -2.16. The lowest BCUT2D eigenvalue weighted by molar-refractivity contribution is 0.278. The van der Waals surface area contributed by atoms with E-state index in [0.717, 1.165) is 33.3 Å². The molecular weight excluding hydrogens is 268 g/mol. The van der Waals surface area contributed by atoms with Crippen molar-refractivity contribution in [2.24, 2.45) is 0 Å². The molecule has 0 aliphatic carbocycles. The summed E-state index contributed by atoms with van der Waals surface area (Å²) in [4.78, 5) is 12.9. The van der Waals surface area contributed by atoms with Gasteiger partial charge in [-0.2, -0.15) is 0 Å². The third-order valence-corrected chi connectivity index (χ3v) is 4.69. The standard InChI is InChI=1S/C11H16N4OS2/c1-3-7(4-5-16)14-9-8-10(13-6-12-9)15-11(17-2)18-8/h6-7,16H,3-5H2,1-2H3,(H,12,13,14). The maximum Gasteiger partial charge on any atom is 0.176 e. The molecule has 7 heteroatoms. The van der Waals surface area contributed by atoms with Gasteiger partial charge in [-0.15, -0.1) is 11.3 Å². The van der Waals surface area contributed by atoms with E-state index in [0.29, 0.717) is 0 Å². The number of thioether (sulfide) groups is 1. The molecule has 1 atom stereocenters. The smallest absolute Gasteiger partial charge is 0.176 e. The first-order chi connectivity index (χ1) is 8.78. The van der Waals surface area contributed by atoms with Gasteiger partial charge >= 0.3 is 0 Å². The minimum Gasteiger partial charge on any atom is -0.396 e. The molecule has 0 saturated carbocycles. The molecule has 0 aliphatic heterocycles. The van der Waals surface area contributed by atoms with E-state index in [1.165, 1.54) is 6.33 Å². The molecule has 18 heavy (non-hydrogen) atoms. The van der Waals surface area contributed by atoms with Gasteiger partial charge in [0.15, 0.2) is 9.99 Å². The molecule has 0 bridgehead atoms. The minimum absolute atomic E-state index is 0.179. The number of aliphatic hydroxyl groups is 1. The lowest BCUT2D eigenvalue weighted by atomic mass is 10.1. The van der Waals surface area contributed by atoms with Crippen molar-refractivity contribution in [2.75, 3.05) is 18.2 Å². The van der Waals surface area contributed by atoms with E-state index < -0.39 is 0 Å². The van der Waals surface area contributed by atoms with Crippen molar-refractivity contribution in [2.45, 2.75) is 30.1 Å². The van der Waals surface area contributed by atoms with Crippen molar-refractivity contribution < 1.29 is 5.11 Å². The summed E-state index contributed by atoms with van der Waals surface area (Å²) in [5.41, 5.74) is 0.737. The summed E-state index contributed by atoms with van der Waals surface area (Å²) < 4.78 is 1.97. The van der Waals surface area contributed by atoms with Gasteiger partial charge in [-0.1, -0.05) is 18.7 Å². The van der Waals surface area contributed by atoms with E-state index in [1.54, 1.807) is 23.1 Å². The monoisotopic (exact) mass is 284 g/mol. The maximum absolute atomic E-state index is 9.02. The third-order valence-electron chi connectivity index (χ3n) is 2.66. The lowest BCUT2D eigenvalue weighted by Crippen LogP contribution is -2.20. The van der Waals surface area contributed by atoms with Crippen LogP contribution in [0.15, 0.2) is 10.7 Å². The fourth-order valence-corrected chi connectivity index (χ4v) is 3.12. The second-order valence-electron chi connectivity index (χ2n) is 3.82. The van der Waals surface area contributed by atoms with Gasteiger partial charge in [0.05, 0.1) is 0 Å². The molecule has 2 aromatic rings. The Morgan fingerprint density at radius 3 is 3.00 bits per heavy atom. The predicted molar refractivity (Wildman–Crippen MR) is 76.4 cm³/mol. The fraction of sp³-hybridized carbons (Fsp3) is 0.545. The number of hydrogen-bond donors (Lipinski definition) is 2. The van der Waals surface area contributed by atoms with Crippen LogP contribution in [-0.2, 0) is 0 Å². The Morgan fingerprint density at radius 1 is 1.50 bits per heavy atom. The minimum atomic E-state index is 0.179. The Labute approximate surface area is 114 Å². The maximum atomic E-state index is 9.02. The van der Waals surface area contributed by atoms with Crippen LogP contribution in [-0.4, -0.2) is 39.0 Å². The van der Waals surface area contributed by atoms with Crippen LogP contribution in [0.4, 0.5) is 5.82 Å². The predicted octanol–water partition coefficient (Wildman–Crippen LogP) is 2.38. The summed E-state index contributed by atoms with van der Waals surface area (Å²) >= 11 is 3.21.